The van der Waals surface area contributed by atoms with Crippen molar-refractivity contribution in [3.63, 3.8) is 0 Å². The Kier molecular flexibility index (Phi) is 6.97. The van der Waals surface area contributed by atoms with Crippen molar-refractivity contribution in [3.05, 3.63) is 82.0 Å². The van der Waals surface area contributed by atoms with E-state index in [4.69, 9.17) is 14.2 Å². The molecule has 1 heterocycles. The lowest BCUT2D eigenvalue weighted by Crippen LogP contribution is -2.24. The Bertz CT molecular complexity index is 1100. The third kappa shape index (κ3) is 4.56. The van der Waals surface area contributed by atoms with Crippen LogP contribution in [0.1, 0.15) is 12.5 Å². The number of nitrogens with zero attached hydrogens (tertiary/aromatic N) is 1. The molecule has 1 amide bonds. The fourth-order valence-electron chi connectivity index (χ4n) is 3.31. The summed E-state index contributed by atoms with van der Waals surface area (Å²) in [5, 5.41) is 0. The molecule has 0 atom stereocenters. The van der Waals surface area contributed by atoms with Crippen molar-refractivity contribution >= 4 is 39.6 Å². The van der Waals surface area contributed by atoms with E-state index in [0.717, 1.165) is 4.47 Å². The molecule has 0 aliphatic carbocycles. The van der Waals surface area contributed by atoms with Gasteiger partial charge in [0.25, 0.3) is 5.91 Å². The monoisotopic (exact) mass is 483 g/mol. The lowest BCUT2D eigenvalue weighted by molar-refractivity contribution is -0.136. The van der Waals surface area contributed by atoms with Gasteiger partial charge in [-0.2, -0.15) is 0 Å². The minimum absolute atomic E-state index is 0.221. The van der Waals surface area contributed by atoms with Crippen molar-refractivity contribution in [2.45, 2.75) is 6.92 Å². The SMILES string of the molecule is C=CCOc1ccc(/C=C2\C(=O)N(c3cccc(Br)c3)C(C)=C2C(=O)OC)cc1OC. The standard InChI is InChI=1S/C24H22BrNO5/c1-5-11-31-20-10-9-16(13-21(20)29-3)12-19-22(24(28)30-4)15(2)26(23(19)27)18-8-6-7-17(25)14-18/h5-10,12-14H,1,11H2,2-4H3/b19-12-. The number of esters is 1. The number of carbonyl (C=O) groups excluding carboxylic acids is 2. The van der Waals surface area contributed by atoms with E-state index in [-0.39, 0.29) is 17.1 Å². The third-order valence-electron chi connectivity index (χ3n) is 4.71. The average molecular weight is 484 g/mol. The molecule has 0 saturated heterocycles. The van der Waals surface area contributed by atoms with Crippen molar-refractivity contribution in [2.24, 2.45) is 0 Å². The van der Waals surface area contributed by atoms with Crippen LogP contribution in [0.5, 0.6) is 11.5 Å². The Morgan fingerprint density at radius 1 is 1.16 bits per heavy atom. The minimum Gasteiger partial charge on any atom is -0.493 e. The van der Waals surface area contributed by atoms with E-state index < -0.39 is 5.97 Å². The Morgan fingerprint density at radius 3 is 2.58 bits per heavy atom. The quantitative estimate of drug-likeness (QED) is 0.318. The highest BCUT2D eigenvalue weighted by molar-refractivity contribution is 9.10. The van der Waals surface area contributed by atoms with E-state index in [1.54, 1.807) is 43.3 Å². The lowest BCUT2D eigenvalue weighted by atomic mass is 10.0. The van der Waals surface area contributed by atoms with Gasteiger partial charge in [0.1, 0.15) is 6.61 Å². The molecule has 0 spiro atoms. The number of amides is 1. The highest BCUT2D eigenvalue weighted by Gasteiger charge is 2.38. The van der Waals surface area contributed by atoms with Crippen LogP contribution in [0, 0.1) is 0 Å². The summed E-state index contributed by atoms with van der Waals surface area (Å²) in [4.78, 5) is 27.4. The van der Waals surface area contributed by atoms with Crippen LogP contribution in [0.15, 0.2) is 76.4 Å². The second kappa shape index (κ2) is 9.66. The molecule has 0 aromatic heterocycles. The zero-order chi connectivity index (χ0) is 22.5. The highest BCUT2D eigenvalue weighted by Crippen LogP contribution is 2.37. The number of benzene rings is 2. The number of carbonyl (C=O) groups is 2. The predicted octanol–water partition coefficient (Wildman–Crippen LogP) is 4.90. The molecule has 3 rings (SSSR count). The molecule has 0 N–H and O–H groups in total. The van der Waals surface area contributed by atoms with Gasteiger partial charge in [-0.25, -0.2) is 4.79 Å². The second-order valence-corrected chi connectivity index (χ2v) is 7.56. The Hall–Kier alpha value is -3.32. The molecule has 0 radical (unpaired) electrons. The Balaban J connectivity index is 2.08. The van der Waals surface area contributed by atoms with Gasteiger partial charge in [0, 0.05) is 10.2 Å². The van der Waals surface area contributed by atoms with Crippen molar-refractivity contribution in [3.8, 4) is 11.5 Å². The molecule has 0 fully saturated rings. The number of allylic oxidation sites excluding steroid dienone is 1. The fourth-order valence-corrected chi connectivity index (χ4v) is 3.70. The zero-order valence-electron chi connectivity index (χ0n) is 17.5. The van der Waals surface area contributed by atoms with E-state index in [1.807, 2.05) is 18.2 Å². The maximum absolute atomic E-state index is 13.4. The van der Waals surface area contributed by atoms with E-state index in [9.17, 15) is 9.59 Å². The van der Waals surface area contributed by atoms with Crippen molar-refractivity contribution < 1.29 is 23.8 Å². The summed E-state index contributed by atoms with van der Waals surface area (Å²) in [5.41, 5.74) is 2.28. The molecule has 2 aromatic rings. The predicted molar refractivity (Wildman–Crippen MR) is 123 cm³/mol. The number of methoxy groups -OCH3 is 2. The van der Waals surface area contributed by atoms with Gasteiger partial charge in [-0.05, 0) is 48.9 Å². The summed E-state index contributed by atoms with van der Waals surface area (Å²) in [7, 11) is 2.83. The summed E-state index contributed by atoms with van der Waals surface area (Å²) in [6, 6.07) is 12.6. The molecule has 1 aliphatic rings. The summed E-state index contributed by atoms with van der Waals surface area (Å²) in [6.45, 7) is 5.69. The van der Waals surface area contributed by atoms with Crippen LogP contribution in [-0.4, -0.2) is 32.7 Å². The van der Waals surface area contributed by atoms with Crippen LogP contribution >= 0.6 is 15.9 Å². The van der Waals surface area contributed by atoms with Crippen LogP contribution < -0.4 is 14.4 Å². The maximum Gasteiger partial charge on any atom is 0.340 e. The third-order valence-corrected chi connectivity index (χ3v) is 5.20. The molecule has 6 nitrogen and oxygen atoms in total. The number of hydrogen-bond donors (Lipinski definition) is 0. The molecule has 1 aliphatic heterocycles. The Labute approximate surface area is 189 Å². The second-order valence-electron chi connectivity index (χ2n) is 6.64. The first-order valence-electron chi connectivity index (χ1n) is 9.44. The molecular weight excluding hydrogens is 462 g/mol. The molecule has 0 saturated carbocycles. The molecule has 2 aromatic carbocycles. The van der Waals surface area contributed by atoms with Crippen LogP contribution in [-0.2, 0) is 14.3 Å². The minimum atomic E-state index is -0.576. The van der Waals surface area contributed by atoms with Crippen LogP contribution in [0.2, 0.25) is 0 Å². The molecule has 0 bridgehead atoms. The van der Waals surface area contributed by atoms with Gasteiger partial charge in [0.2, 0.25) is 0 Å². The van der Waals surface area contributed by atoms with Crippen LogP contribution in [0.4, 0.5) is 5.69 Å². The van der Waals surface area contributed by atoms with Gasteiger partial charge in [-0.15, -0.1) is 0 Å². The van der Waals surface area contributed by atoms with Gasteiger partial charge in [-0.1, -0.05) is 40.7 Å². The fraction of sp³-hybridized carbons (Fsp3) is 0.167. The van der Waals surface area contributed by atoms with Crippen LogP contribution in [0.25, 0.3) is 6.08 Å². The molecular formula is C24H22BrNO5. The van der Waals surface area contributed by atoms with Crippen molar-refractivity contribution in [1.29, 1.82) is 0 Å². The summed E-state index contributed by atoms with van der Waals surface area (Å²) >= 11 is 3.42. The van der Waals surface area contributed by atoms with E-state index in [0.29, 0.717) is 35.1 Å². The molecule has 0 unspecified atom stereocenters. The first kappa shape index (κ1) is 22.4. The van der Waals surface area contributed by atoms with Gasteiger partial charge in [0.05, 0.1) is 31.1 Å². The first-order chi connectivity index (χ1) is 14.9. The van der Waals surface area contributed by atoms with Gasteiger partial charge in [-0.3, -0.25) is 9.69 Å². The average Bonchev–Trinajstić information content (AvgIpc) is 3.01. The molecule has 31 heavy (non-hydrogen) atoms. The van der Waals surface area contributed by atoms with E-state index >= 15 is 0 Å². The molecule has 160 valence electrons. The van der Waals surface area contributed by atoms with Crippen molar-refractivity contribution in [2.75, 3.05) is 25.7 Å². The number of anilines is 1. The maximum atomic E-state index is 13.4. The number of hydrogen-bond acceptors (Lipinski definition) is 5. The number of rotatable bonds is 7. The summed E-state index contributed by atoms with van der Waals surface area (Å²) in [5.74, 6) is 0.165. The zero-order valence-corrected chi connectivity index (χ0v) is 19.1. The van der Waals surface area contributed by atoms with E-state index in [2.05, 4.69) is 22.5 Å². The number of halogens is 1. The Morgan fingerprint density at radius 2 is 1.94 bits per heavy atom. The van der Waals surface area contributed by atoms with Gasteiger partial charge < -0.3 is 14.2 Å². The first-order valence-corrected chi connectivity index (χ1v) is 10.2. The topological polar surface area (TPSA) is 65.1 Å². The van der Waals surface area contributed by atoms with Crippen LogP contribution in [0.3, 0.4) is 0 Å². The smallest absolute Gasteiger partial charge is 0.340 e. The summed E-state index contributed by atoms with van der Waals surface area (Å²) in [6.07, 6.45) is 3.29. The van der Waals surface area contributed by atoms with E-state index in [1.165, 1.54) is 19.1 Å². The largest absolute Gasteiger partial charge is 0.493 e. The molecule has 7 heteroatoms. The van der Waals surface area contributed by atoms with Crippen molar-refractivity contribution in [1.82, 2.24) is 0 Å². The highest BCUT2D eigenvalue weighted by atomic mass is 79.9. The van der Waals surface area contributed by atoms with Gasteiger partial charge in [0.15, 0.2) is 11.5 Å². The summed E-state index contributed by atoms with van der Waals surface area (Å²) < 4.78 is 16.8. The number of ether oxygens (including phenoxy) is 3. The van der Waals surface area contributed by atoms with Gasteiger partial charge >= 0.3 is 5.97 Å². The normalized spacial score (nSPS) is 14.8. The lowest BCUT2D eigenvalue weighted by Gasteiger charge is -2.18.